The van der Waals surface area contributed by atoms with Crippen molar-refractivity contribution in [2.75, 3.05) is 26.2 Å². The van der Waals surface area contributed by atoms with Gasteiger partial charge in [-0.05, 0) is 18.4 Å². The van der Waals surface area contributed by atoms with Gasteiger partial charge in [-0.1, -0.05) is 13.8 Å². The molecule has 2 N–H and O–H groups in total. The van der Waals surface area contributed by atoms with E-state index in [9.17, 15) is 9.59 Å². The third-order valence-corrected chi connectivity index (χ3v) is 3.39. The number of hydrogen-bond acceptors (Lipinski definition) is 3. The smallest absolute Gasteiger partial charge is 0.317 e. The fourth-order valence-electron chi connectivity index (χ4n) is 2.38. The molecule has 1 aromatic rings. The summed E-state index contributed by atoms with van der Waals surface area (Å²) in [6.07, 6.45) is 0.856. The Hall–Kier alpha value is -2.05. The van der Waals surface area contributed by atoms with E-state index in [0.717, 1.165) is 12.1 Å². The Kier molecular flexibility index (Phi) is 4.82. The molecule has 1 fully saturated rings. The van der Waals surface area contributed by atoms with E-state index in [1.807, 2.05) is 6.07 Å². The van der Waals surface area contributed by atoms with Crippen LogP contribution < -0.4 is 10.6 Å². The minimum Gasteiger partial charge on any atom is -0.349 e. The molecule has 116 valence electrons. The SMILES string of the molecule is CC(C)Cc1cc(C(=O)NCCN2CCNC2=O)n(C)n1. The zero-order valence-corrected chi connectivity index (χ0v) is 12.8. The van der Waals surface area contributed by atoms with Crippen LogP contribution in [0, 0.1) is 5.92 Å². The first kappa shape index (κ1) is 15.3. The molecule has 1 aliphatic heterocycles. The quantitative estimate of drug-likeness (QED) is 0.795. The summed E-state index contributed by atoms with van der Waals surface area (Å²) in [4.78, 5) is 25.2. The van der Waals surface area contributed by atoms with Crippen molar-refractivity contribution in [3.63, 3.8) is 0 Å². The Morgan fingerprint density at radius 1 is 1.52 bits per heavy atom. The third-order valence-electron chi connectivity index (χ3n) is 3.39. The molecule has 2 heterocycles. The molecule has 0 atom stereocenters. The molecular formula is C14H23N5O2. The summed E-state index contributed by atoms with van der Waals surface area (Å²) in [6, 6.07) is 1.77. The van der Waals surface area contributed by atoms with Crippen LogP contribution in [0.4, 0.5) is 4.79 Å². The number of carbonyl (C=O) groups excluding carboxylic acids is 2. The van der Waals surface area contributed by atoms with Gasteiger partial charge in [-0.2, -0.15) is 5.10 Å². The van der Waals surface area contributed by atoms with Crippen LogP contribution in [0.25, 0.3) is 0 Å². The van der Waals surface area contributed by atoms with E-state index in [1.54, 1.807) is 16.6 Å². The molecule has 0 radical (unpaired) electrons. The molecule has 0 spiro atoms. The zero-order valence-electron chi connectivity index (χ0n) is 12.8. The number of nitrogens with one attached hydrogen (secondary N) is 2. The highest BCUT2D eigenvalue weighted by Gasteiger charge is 2.19. The fraction of sp³-hybridized carbons (Fsp3) is 0.643. The average Bonchev–Trinajstić information content (AvgIpc) is 2.95. The van der Waals surface area contributed by atoms with Crippen molar-refractivity contribution >= 4 is 11.9 Å². The van der Waals surface area contributed by atoms with Crippen LogP contribution in [-0.2, 0) is 13.5 Å². The highest BCUT2D eigenvalue weighted by atomic mass is 16.2. The summed E-state index contributed by atoms with van der Waals surface area (Å²) in [5.41, 5.74) is 1.48. The second-order valence-corrected chi connectivity index (χ2v) is 5.72. The van der Waals surface area contributed by atoms with E-state index in [2.05, 4.69) is 29.6 Å². The topological polar surface area (TPSA) is 79.3 Å². The number of hydrogen-bond donors (Lipinski definition) is 2. The Morgan fingerprint density at radius 3 is 2.90 bits per heavy atom. The predicted octanol–water partition coefficient (Wildman–Crippen LogP) is 0.374. The molecule has 0 aliphatic carbocycles. The van der Waals surface area contributed by atoms with E-state index < -0.39 is 0 Å². The highest BCUT2D eigenvalue weighted by molar-refractivity contribution is 5.92. The first-order valence-corrected chi connectivity index (χ1v) is 7.31. The minimum absolute atomic E-state index is 0.0657. The lowest BCUT2D eigenvalue weighted by molar-refractivity contribution is 0.0941. The van der Waals surface area contributed by atoms with E-state index in [4.69, 9.17) is 0 Å². The van der Waals surface area contributed by atoms with Crippen LogP contribution in [0.15, 0.2) is 6.07 Å². The first-order valence-electron chi connectivity index (χ1n) is 7.31. The standard InChI is InChI=1S/C14H23N5O2/c1-10(2)8-11-9-12(18(3)17-11)13(20)15-4-6-19-7-5-16-14(19)21/h9-10H,4-8H2,1-3H3,(H,15,20)(H,16,21). The maximum Gasteiger partial charge on any atom is 0.317 e. The van der Waals surface area contributed by atoms with Gasteiger partial charge in [-0.15, -0.1) is 0 Å². The van der Waals surface area contributed by atoms with Crippen LogP contribution in [0.5, 0.6) is 0 Å². The van der Waals surface area contributed by atoms with Crippen molar-refractivity contribution in [2.24, 2.45) is 13.0 Å². The maximum absolute atomic E-state index is 12.1. The molecular weight excluding hydrogens is 270 g/mol. The minimum atomic E-state index is -0.153. The second-order valence-electron chi connectivity index (χ2n) is 5.72. The average molecular weight is 293 g/mol. The molecule has 3 amide bonds. The molecule has 0 saturated carbocycles. The summed E-state index contributed by atoms with van der Waals surface area (Å²) in [7, 11) is 1.77. The van der Waals surface area contributed by atoms with Crippen LogP contribution in [0.1, 0.15) is 30.0 Å². The van der Waals surface area contributed by atoms with E-state index in [-0.39, 0.29) is 11.9 Å². The maximum atomic E-state index is 12.1. The number of rotatable bonds is 6. The van der Waals surface area contributed by atoms with Gasteiger partial charge in [-0.3, -0.25) is 9.48 Å². The van der Waals surface area contributed by atoms with Crippen LogP contribution in [0.3, 0.4) is 0 Å². The number of urea groups is 1. The van der Waals surface area contributed by atoms with Crippen molar-refractivity contribution in [3.05, 3.63) is 17.5 Å². The monoisotopic (exact) mass is 293 g/mol. The molecule has 21 heavy (non-hydrogen) atoms. The molecule has 1 aromatic heterocycles. The van der Waals surface area contributed by atoms with Crippen LogP contribution in [0.2, 0.25) is 0 Å². The van der Waals surface area contributed by atoms with Crippen LogP contribution in [-0.4, -0.2) is 52.8 Å². The summed E-state index contributed by atoms with van der Waals surface area (Å²) in [5.74, 6) is 0.351. The van der Waals surface area contributed by atoms with Crippen molar-refractivity contribution < 1.29 is 9.59 Å². The first-order chi connectivity index (χ1) is 9.97. The largest absolute Gasteiger partial charge is 0.349 e. The number of aryl methyl sites for hydroxylation is 1. The lowest BCUT2D eigenvalue weighted by Crippen LogP contribution is -2.37. The summed E-state index contributed by atoms with van der Waals surface area (Å²) < 4.78 is 1.61. The Bertz CT molecular complexity index is 523. The number of aromatic nitrogens is 2. The summed E-state index contributed by atoms with van der Waals surface area (Å²) in [5, 5.41) is 9.91. The Balaban J connectivity index is 1.85. The molecule has 0 bridgehead atoms. The number of nitrogens with zero attached hydrogens (tertiary/aromatic N) is 3. The highest BCUT2D eigenvalue weighted by Crippen LogP contribution is 2.08. The number of amides is 3. The lowest BCUT2D eigenvalue weighted by Gasteiger charge is -2.14. The van der Waals surface area contributed by atoms with Gasteiger partial charge in [0, 0.05) is 33.2 Å². The van der Waals surface area contributed by atoms with Gasteiger partial charge in [-0.25, -0.2) is 4.79 Å². The van der Waals surface area contributed by atoms with Crippen molar-refractivity contribution in [3.8, 4) is 0 Å². The van der Waals surface area contributed by atoms with E-state index in [1.165, 1.54) is 0 Å². The normalized spacial score (nSPS) is 14.7. The molecule has 7 nitrogen and oxygen atoms in total. The second kappa shape index (κ2) is 6.60. The number of carbonyl (C=O) groups is 2. The predicted molar refractivity (Wildman–Crippen MR) is 79.1 cm³/mol. The summed E-state index contributed by atoms with van der Waals surface area (Å²) in [6.45, 7) is 6.57. The molecule has 0 unspecified atom stereocenters. The van der Waals surface area contributed by atoms with E-state index in [0.29, 0.717) is 37.8 Å². The van der Waals surface area contributed by atoms with Gasteiger partial charge >= 0.3 is 6.03 Å². The van der Waals surface area contributed by atoms with Crippen molar-refractivity contribution in [1.82, 2.24) is 25.3 Å². The lowest BCUT2D eigenvalue weighted by atomic mass is 10.1. The Morgan fingerprint density at radius 2 is 2.29 bits per heavy atom. The van der Waals surface area contributed by atoms with Gasteiger partial charge in [0.2, 0.25) is 0 Å². The molecule has 1 saturated heterocycles. The molecule has 1 aliphatic rings. The zero-order chi connectivity index (χ0) is 15.4. The van der Waals surface area contributed by atoms with Gasteiger partial charge < -0.3 is 15.5 Å². The fourth-order valence-corrected chi connectivity index (χ4v) is 2.38. The van der Waals surface area contributed by atoms with Gasteiger partial charge in [0.1, 0.15) is 5.69 Å². The molecule has 2 rings (SSSR count). The van der Waals surface area contributed by atoms with E-state index >= 15 is 0 Å². The molecule has 0 aromatic carbocycles. The Labute approximate surface area is 124 Å². The van der Waals surface area contributed by atoms with Gasteiger partial charge in [0.25, 0.3) is 5.91 Å². The van der Waals surface area contributed by atoms with Crippen molar-refractivity contribution in [1.29, 1.82) is 0 Å². The van der Waals surface area contributed by atoms with Gasteiger partial charge in [0.15, 0.2) is 0 Å². The molecule has 7 heteroatoms. The summed E-state index contributed by atoms with van der Waals surface area (Å²) >= 11 is 0. The van der Waals surface area contributed by atoms with Crippen molar-refractivity contribution in [2.45, 2.75) is 20.3 Å². The third kappa shape index (κ3) is 3.96. The van der Waals surface area contributed by atoms with Crippen LogP contribution >= 0.6 is 0 Å². The van der Waals surface area contributed by atoms with Gasteiger partial charge in [0.05, 0.1) is 5.69 Å².